The molecule has 0 saturated heterocycles. The first-order valence-corrected chi connectivity index (χ1v) is 7.17. The quantitative estimate of drug-likeness (QED) is 0.781. The number of aromatic nitrogens is 3. The van der Waals surface area contributed by atoms with Gasteiger partial charge in [-0.15, -0.1) is 0 Å². The van der Waals surface area contributed by atoms with Gasteiger partial charge in [0.2, 0.25) is 0 Å². The Labute approximate surface area is 124 Å². The van der Waals surface area contributed by atoms with Crippen LogP contribution in [0.4, 0.5) is 5.82 Å². The molecule has 3 rings (SSSR count). The number of anilines is 1. The lowest BCUT2D eigenvalue weighted by molar-refractivity contribution is 0.638. The van der Waals surface area contributed by atoms with Crippen LogP contribution in [0.5, 0.6) is 0 Å². The van der Waals surface area contributed by atoms with Crippen molar-refractivity contribution in [1.29, 1.82) is 0 Å². The summed E-state index contributed by atoms with van der Waals surface area (Å²) in [6.07, 6.45) is 0. The Morgan fingerprint density at radius 3 is 2.38 bits per heavy atom. The summed E-state index contributed by atoms with van der Waals surface area (Å²) >= 11 is 0. The van der Waals surface area contributed by atoms with Gasteiger partial charge in [0.15, 0.2) is 0 Å². The minimum Gasteiger partial charge on any atom is -0.383 e. The van der Waals surface area contributed by atoms with Crippen molar-refractivity contribution in [3.8, 4) is 0 Å². The fourth-order valence-electron chi connectivity index (χ4n) is 2.99. The van der Waals surface area contributed by atoms with Gasteiger partial charge in [0.1, 0.15) is 17.3 Å². The molecule has 4 nitrogen and oxygen atoms in total. The summed E-state index contributed by atoms with van der Waals surface area (Å²) in [7, 11) is 0. The number of nitrogen functional groups attached to an aromatic ring is 1. The molecule has 3 aromatic rings. The molecule has 1 aromatic carbocycles. The van der Waals surface area contributed by atoms with Gasteiger partial charge in [-0.05, 0) is 38.8 Å². The summed E-state index contributed by atoms with van der Waals surface area (Å²) in [4.78, 5) is 8.94. The summed E-state index contributed by atoms with van der Waals surface area (Å²) in [5.74, 6) is 1.27. The molecule has 1 unspecified atom stereocenters. The first-order chi connectivity index (χ1) is 10.0. The number of rotatable bonds is 2. The molecule has 2 heterocycles. The highest BCUT2D eigenvalue weighted by Crippen LogP contribution is 2.32. The number of hydrogen-bond donors (Lipinski definition) is 1. The third-order valence-electron chi connectivity index (χ3n) is 4.21. The van der Waals surface area contributed by atoms with Crippen molar-refractivity contribution >= 4 is 16.9 Å². The highest BCUT2D eigenvalue weighted by molar-refractivity contribution is 5.91. The van der Waals surface area contributed by atoms with E-state index >= 15 is 0 Å². The Morgan fingerprint density at radius 1 is 1.05 bits per heavy atom. The molecular formula is C17H20N4. The van der Waals surface area contributed by atoms with Crippen LogP contribution in [0.15, 0.2) is 30.3 Å². The molecule has 0 aliphatic heterocycles. The lowest BCUT2D eigenvalue weighted by atomic mass is 10.1. The Morgan fingerprint density at radius 2 is 1.71 bits per heavy atom. The number of benzene rings is 1. The normalized spacial score (nSPS) is 12.8. The Hall–Kier alpha value is -2.36. The molecule has 0 aliphatic carbocycles. The molecule has 0 bridgehead atoms. The number of aryl methyl sites for hydroxylation is 2. The second kappa shape index (κ2) is 4.88. The SMILES string of the molecule is Cc1nc(N)c2c(C)c(C)n(C(C)c3ccccc3)c2n1. The minimum atomic E-state index is 0.205. The monoisotopic (exact) mass is 280 g/mol. The fraction of sp³-hybridized carbons (Fsp3) is 0.294. The molecular weight excluding hydrogens is 260 g/mol. The van der Waals surface area contributed by atoms with E-state index < -0.39 is 0 Å². The summed E-state index contributed by atoms with van der Waals surface area (Å²) in [5.41, 5.74) is 10.6. The molecule has 21 heavy (non-hydrogen) atoms. The zero-order chi connectivity index (χ0) is 15.1. The highest BCUT2D eigenvalue weighted by atomic mass is 15.1. The van der Waals surface area contributed by atoms with Crippen LogP contribution in [0.2, 0.25) is 0 Å². The molecule has 0 aliphatic rings. The number of nitrogens with zero attached hydrogens (tertiary/aromatic N) is 3. The van der Waals surface area contributed by atoms with Crippen molar-refractivity contribution in [3.05, 3.63) is 53.0 Å². The van der Waals surface area contributed by atoms with Crippen molar-refractivity contribution in [2.75, 3.05) is 5.73 Å². The van der Waals surface area contributed by atoms with E-state index in [4.69, 9.17) is 5.73 Å². The van der Waals surface area contributed by atoms with Crippen LogP contribution in [0, 0.1) is 20.8 Å². The van der Waals surface area contributed by atoms with E-state index in [1.54, 1.807) is 0 Å². The largest absolute Gasteiger partial charge is 0.383 e. The van der Waals surface area contributed by atoms with Gasteiger partial charge in [0.25, 0.3) is 0 Å². The predicted molar refractivity (Wildman–Crippen MR) is 86.4 cm³/mol. The summed E-state index contributed by atoms with van der Waals surface area (Å²) in [5, 5.41) is 0.973. The molecule has 0 radical (unpaired) electrons. The molecule has 0 fully saturated rings. The van der Waals surface area contributed by atoms with E-state index in [9.17, 15) is 0 Å². The average Bonchev–Trinajstić information content (AvgIpc) is 2.71. The van der Waals surface area contributed by atoms with Crippen LogP contribution in [0.1, 0.15) is 35.6 Å². The van der Waals surface area contributed by atoms with Crippen molar-refractivity contribution < 1.29 is 0 Å². The number of nitrogens with two attached hydrogens (primary N) is 1. The first kappa shape index (κ1) is 13.6. The van der Waals surface area contributed by atoms with E-state index in [1.807, 2.05) is 13.0 Å². The lowest BCUT2D eigenvalue weighted by Gasteiger charge is -2.17. The lowest BCUT2D eigenvalue weighted by Crippen LogP contribution is -2.10. The van der Waals surface area contributed by atoms with Crippen LogP contribution < -0.4 is 5.73 Å². The summed E-state index contributed by atoms with van der Waals surface area (Å²) < 4.78 is 2.26. The Balaban J connectivity index is 2.30. The molecule has 2 aromatic heterocycles. The van der Waals surface area contributed by atoms with E-state index in [1.165, 1.54) is 11.3 Å². The van der Waals surface area contributed by atoms with Crippen molar-refractivity contribution in [3.63, 3.8) is 0 Å². The van der Waals surface area contributed by atoms with Crippen molar-refractivity contribution in [2.45, 2.75) is 33.7 Å². The third kappa shape index (κ3) is 2.07. The van der Waals surface area contributed by atoms with Gasteiger partial charge < -0.3 is 10.3 Å². The summed E-state index contributed by atoms with van der Waals surface area (Å²) in [6, 6.07) is 10.6. The molecule has 1 atom stereocenters. The van der Waals surface area contributed by atoms with E-state index in [-0.39, 0.29) is 6.04 Å². The minimum absolute atomic E-state index is 0.205. The molecule has 4 heteroatoms. The fourth-order valence-corrected chi connectivity index (χ4v) is 2.99. The van der Waals surface area contributed by atoms with E-state index in [0.29, 0.717) is 11.6 Å². The van der Waals surface area contributed by atoms with Crippen LogP contribution >= 0.6 is 0 Å². The van der Waals surface area contributed by atoms with Crippen LogP contribution in [0.3, 0.4) is 0 Å². The Kier molecular flexibility index (Phi) is 3.16. The second-order valence-corrected chi connectivity index (χ2v) is 5.52. The Bertz CT molecular complexity index is 803. The molecule has 0 saturated carbocycles. The standard InChI is InChI=1S/C17H20N4/c1-10-11(2)21(12(3)14-8-6-5-7-9-14)17-15(10)16(18)19-13(4)20-17/h5-9,12H,1-4H3,(H2,18,19,20). The maximum atomic E-state index is 6.11. The predicted octanol–water partition coefficient (Wildman–Crippen LogP) is 3.55. The van der Waals surface area contributed by atoms with Gasteiger partial charge in [-0.25, -0.2) is 9.97 Å². The number of hydrogen-bond acceptors (Lipinski definition) is 3. The maximum Gasteiger partial charge on any atom is 0.146 e. The zero-order valence-electron chi connectivity index (χ0n) is 12.9. The van der Waals surface area contributed by atoms with Crippen LogP contribution in [-0.2, 0) is 0 Å². The smallest absolute Gasteiger partial charge is 0.146 e. The molecule has 2 N–H and O–H groups in total. The van der Waals surface area contributed by atoms with Gasteiger partial charge in [-0.3, -0.25) is 0 Å². The van der Waals surface area contributed by atoms with Gasteiger partial charge in [-0.2, -0.15) is 0 Å². The second-order valence-electron chi connectivity index (χ2n) is 5.52. The molecule has 0 amide bonds. The average molecular weight is 280 g/mol. The van der Waals surface area contributed by atoms with Gasteiger partial charge >= 0.3 is 0 Å². The van der Waals surface area contributed by atoms with E-state index in [2.05, 4.69) is 59.6 Å². The summed E-state index contributed by atoms with van der Waals surface area (Å²) in [6.45, 7) is 8.27. The topological polar surface area (TPSA) is 56.7 Å². The number of fused-ring (bicyclic) bond motifs is 1. The van der Waals surface area contributed by atoms with Crippen molar-refractivity contribution in [2.24, 2.45) is 0 Å². The maximum absolute atomic E-state index is 6.11. The van der Waals surface area contributed by atoms with Gasteiger partial charge in [-0.1, -0.05) is 30.3 Å². The first-order valence-electron chi connectivity index (χ1n) is 7.17. The molecule has 0 spiro atoms. The molecule has 108 valence electrons. The van der Waals surface area contributed by atoms with E-state index in [0.717, 1.165) is 16.6 Å². The van der Waals surface area contributed by atoms with Crippen LogP contribution in [0.25, 0.3) is 11.0 Å². The van der Waals surface area contributed by atoms with Gasteiger partial charge in [0, 0.05) is 5.69 Å². The van der Waals surface area contributed by atoms with Gasteiger partial charge in [0.05, 0.1) is 11.4 Å². The third-order valence-corrected chi connectivity index (χ3v) is 4.21. The van der Waals surface area contributed by atoms with Crippen molar-refractivity contribution in [1.82, 2.24) is 14.5 Å². The highest BCUT2D eigenvalue weighted by Gasteiger charge is 2.20. The zero-order valence-corrected chi connectivity index (χ0v) is 12.9. The van der Waals surface area contributed by atoms with Crippen LogP contribution in [-0.4, -0.2) is 14.5 Å².